The minimum atomic E-state index is -4.51. The second-order valence-electron chi connectivity index (χ2n) is 8.59. The molecule has 0 fully saturated rings. The molecule has 5 rings (SSSR count). The molecule has 38 heavy (non-hydrogen) atoms. The Kier molecular flexibility index (Phi) is 6.80. The smallest absolute Gasteiger partial charge is 0.329 e. The van der Waals surface area contributed by atoms with Crippen LogP contribution in [-0.4, -0.2) is 27.0 Å². The molecule has 1 unspecified atom stereocenters. The van der Waals surface area contributed by atoms with Crippen LogP contribution in [0, 0.1) is 0 Å². The molecule has 10 heteroatoms. The zero-order valence-electron chi connectivity index (χ0n) is 20.0. The lowest BCUT2D eigenvalue weighted by atomic mass is 9.98. The Balaban J connectivity index is 1.32. The number of amides is 1. The van der Waals surface area contributed by atoms with Crippen LogP contribution in [0.5, 0.6) is 0 Å². The zero-order valence-corrected chi connectivity index (χ0v) is 20.0. The normalized spacial score (nSPS) is 12.3. The number of alkyl halides is 3. The third-order valence-corrected chi connectivity index (χ3v) is 6.05. The number of aromatic nitrogens is 3. The van der Waals surface area contributed by atoms with E-state index in [1.165, 1.54) is 22.7 Å². The summed E-state index contributed by atoms with van der Waals surface area (Å²) < 4.78 is 41.4. The lowest BCUT2D eigenvalue weighted by Gasteiger charge is -2.15. The van der Waals surface area contributed by atoms with Crippen molar-refractivity contribution in [2.45, 2.75) is 12.1 Å². The molecule has 5 aromatic rings. The van der Waals surface area contributed by atoms with Gasteiger partial charge in [-0.15, -0.1) is 5.10 Å². The number of nitrogens with two attached hydrogens (primary N) is 1. The van der Waals surface area contributed by atoms with Gasteiger partial charge in [-0.3, -0.25) is 4.79 Å². The molecule has 0 spiro atoms. The predicted molar refractivity (Wildman–Crippen MR) is 140 cm³/mol. The molecule has 4 N–H and O–H groups in total. The number of para-hydroxylation sites is 1. The van der Waals surface area contributed by atoms with Crippen LogP contribution in [0.25, 0.3) is 16.8 Å². The molecular weight excluding hydrogens is 493 g/mol. The van der Waals surface area contributed by atoms with Crippen molar-refractivity contribution in [3.63, 3.8) is 0 Å². The maximum atomic E-state index is 13.3. The van der Waals surface area contributed by atoms with E-state index in [0.29, 0.717) is 11.3 Å². The van der Waals surface area contributed by atoms with Gasteiger partial charge in [0.25, 0.3) is 0 Å². The number of carbonyl (C=O) groups is 1. The van der Waals surface area contributed by atoms with Gasteiger partial charge in [-0.05, 0) is 47.5 Å². The second kappa shape index (κ2) is 10.3. The SMILES string of the molecule is NCC(C(=O)Nc1ccc(-c2ccc3nc(Nc4ccccc4C(F)(F)F)nn3c2)cc1)c1ccccc1. The number of hydrogen-bond donors (Lipinski definition) is 3. The van der Waals surface area contributed by atoms with Crippen LogP contribution in [0.3, 0.4) is 0 Å². The van der Waals surface area contributed by atoms with Gasteiger partial charge in [0.15, 0.2) is 5.65 Å². The Labute approximate surface area is 216 Å². The minimum Gasteiger partial charge on any atom is -0.329 e. The van der Waals surface area contributed by atoms with E-state index in [1.807, 2.05) is 48.5 Å². The zero-order chi connectivity index (χ0) is 26.7. The molecule has 7 nitrogen and oxygen atoms in total. The van der Waals surface area contributed by atoms with Crippen molar-refractivity contribution in [3.8, 4) is 11.1 Å². The van der Waals surface area contributed by atoms with Crippen molar-refractivity contribution in [1.82, 2.24) is 14.6 Å². The van der Waals surface area contributed by atoms with Crippen molar-refractivity contribution in [2.24, 2.45) is 5.73 Å². The summed E-state index contributed by atoms with van der Waals surface area (Å²) in [5.41, 5.74) is 8.54. The summed E-state index contributed by atoms with van der Waals surface area (Å²) in [5, 5.41) is 9.86. The number of nitrogens with one attached hydrogen (secondary N) is 2. The van der Waals surface area contributed by atoms with E-state index in [-0.39, 0.29) is 24.1 Å². The number of anilines is 3. The van der Waals surface area contributed by atoms with Crippen LogP contribution in [-0.2, 0) is 11.0 Å². The maximum Gasteiger partial charge on any atom is 0.418 e. The van der Waals surface area contributed by atoms with Crippen molar-refractivity contribution < 1.29 is 18.0 Å². The number of carbonyl (C=O) groups excluding carboxylic acids is 1. The number of halogens is 3. The summed E-state index contributed by atoms with van der Waals surface area (Å²) in [6.07, 6.45) is -2.77. The van der Waals surface area contributed by atoms with Gasteiger partial charge >= 0.3 is 6.18 Å². The van der Waals surface area contributed by atoms with Crippen LogP contribution >= 0.6 is 0 Å². The van der Waals surface area contributed by atoms with E-state index in [9.17, 15) is 18.0 Å². The Hall–Kier alpha value is -4.70. The van der Waals surface area contributed by atoms with Crippen LogP contribution < -0.4 is 16.4 Å². The average molecular weight is 517 g/mol. The van der Waals surface area contributed by atoms with Gasteiger partial charge in [0.1, 0.15) is 0 Å². The highest BCUT2D eigenvalue weighted by atomic mass is 19.4. The predicted octanol–water partition coefficient (Wildman–Crippen LogP) is 5.84. The summed E-state index contributed by atoms with van der Waals surface area (Å²) in [6.45, 7) is 0.185. The first kappa shape index (κ1) is 25.0. The first-order valence-electron chi connectivity index (χ1n) is 11.8. The average Bonchev–Trinajstić information content (AvgIpc) is 3.31. The van der Waals surface area contributed by atoms with E-state index < -0.39 is 17.7 Å². The molecule has 2 heterocycles. The fourth-order valence-corrected chi connectivity index (χ4v) is 4.12. The third kappa shape index (κ3) is 5.35. The lowest BCUT2D eigenvalue weighted by molar-refractivity contribution is -0.137. The van der Waals surface area contributed by atoms with E-state index >= 15 is 0 Å². The number of rotatable bonds is 7. The highest BCUT2D eigenvalue weighted by Crippen LogP contribution is 2.35. The van der Waals surface area contributed by atoms with Crippen molar-refractivity contribution in [3.05, 3.63) is 108 Å². The largest absolute Gasteiger partial charge is 0.418 e. The molecular formula is C28H23F3N6O. The molecule has 1 amide bonds. The Morgan fingerprint density at radius 3 is 2.29 bits per heavy atom. The number of nitrogens with zero attached hydrogens (tertiary/aromatic N) is 3. The summed E-state index contributed by atoms with van der Waals surface area (Å²) >= 11 is 0. The fourth-order valence-electron chi connectivity index (χ4n) is 4.12. The molecule has 2 aromatic heterocycles. The molecule has 192 valence electrons. The number of benzene rings is 3. The quantitative estimate of drug-likeness (QED) is 0.253. The van der Waals surface area contributed by atoms with E-state index in [0.717, 1.165) is 22.8 Å². The molecule has 0 radical (unpaired) electrons. The molecule has 0 aliphatic carbocycles. The fraction of sp³-hybridized carbons (Fsp3) is 0.107. The molecule has 0 saturated heterocycles. The van der Waals surface area contributed by atoms with Gasteiger partial charge in [-0.2, -0.15) is 18.2 Å². The molecule has 0 bridgehead atoms. The van der Waals surface area contributed by atoms with Crippen molar-refractivity contribution in [1.29, 1.82) is 0 Å². The van der Waals surface area contributed by atoms with E-state index in [4.69, 9.17) is 5.73 Å². The Bertz CT molecular complexity index is 1570. The van der Waals surface area contributed by atoms with Crippen LogP contribution in [0.15, 0.2) is 97.2 Å². The topological polar surface area (TPSA) is 97.3 Å². The molecule has 0 aliphatic heterocycles. The summed E-state index contributed by atoms with van der Waals surface area (Å²) in [6, 6.07) is 25.4. The number of hydrogen-bond acceptors (Lipinski definition) is 5. The summed E-state index contributed by atoms with van der Waals surface area (Å²) in [7, 11) is 0. The highest BCUT2D eigenvalue weighted by Gasteiger charge is 2.33. The highest BCUT2D eigenvalue weighted by molar-refractivity contribution is 5.96. The van der Waals surface area contributed by atoms with Crippen molar-refractivity contribution in [2.75, 3.05) is 17.2 Å². The first-order valence-corrected chi connectivity index (χ1v) is 11.8. The Morgan fingerprint density at radius 1 is 0.895 bits per heavy atom. The van der Waals surface area contributed by atoms with Gasteiger partial charge in [0.05, 0.1) is 17.2 Å². The van der Waals surface area contributed by atoms with Gasteiger partial charge in [-0.25, -0.2) is 4.52 Å². The van der Waals surface area contributed by atoms with Crippen LogP contribution in [0.1, 0.15) is 17.0 Å². The van der Waals surface area contributed by atoms with E-state index in [1.54, 1.807) is 24.4 Å². The first-order chi connectivity index (χ1) is 18.3. The van der Waals surface area contributed by atoms with Gasteiger partial charge < -0.3 is 16.4 Å². The standard InChI is InChI=1S/C28H23F3N6O/c29-28(30,31)23-8-4-5-9-24(23)34-27-35-25-15-12-20(17-37(25)36-27)18-10-13-21(14-11-18)33-26(38)22(16-32)19-6-2-1-3-7-19/h1-15,17,22H,16,32H2,(H,33,38)(H,34,36). The van der Waals surface area contributed by atoms with Gasteiger partial charge in [0, 0.05) is 24.0 Å². The molecule has 1 atom stereocenters. The van der Waals surface area contributed by atoms with E-state index in [2.05, 4.69) is 20.7 Å². The third-order valence-electron chi connectivity index (χ3n) is 6.05. The molecule has 3 aromatic carbocycles. The second-order valence-corrected chi connectivity index (χ2v) is 8.59. The summed E-state index contributed by atoms with van der Waals surface area (Å²) in [5.74, 6) is -0.608. The van der Waals surface area contributed by atoms with Crippen molar-refractivity contribution >= 4 is 28.9 Å². The molecule has 0 saturated carbocycles. The Morgan fingerprint density at radius 2 is 1.58 bits per heavy atom. The van der Waals surface area contributed by atoms with Gasteiger partial charge in [0.2, 0.25) is 11.9 Å². The molecule has 0 aliphatic rings. The van der Waals surface area contributed by atoms with Crippen LogP contribution in [0.4, 0.5) is 30.5 Å². The van der Waals surface area contributed by atoms with Crippen LogP contribution in [0.2, 0.25) is 0 Å². The minimum absolute atomic E-state index is 0.0461. The summed E-state index contributed by atoms with van der Waals surface area (Å²) in [4.78, 5) is 17.1. The lowest BCUT2D eigenvalue weighted by Crippen LogP contribution is -2.27. The number of pyridine rings is 1. The van der Waals surface area contributed by atoms with Gasteiger partial charge in [-0.1, -0.05) is 54.6 Å². The maximum absolute atomic E-state index is 13.3. The number of fused-ring (bicyclic) bond motifs is 1. The monoisotopic (exact) mass is 516 g/mol.